The fourth-order valence-electron chi connectivity index (χ4n) is 2.32. The maximum atomic E-state index is 11.2. The normalized spacial score (nSPS) is 35.2. The largest absolute Gasteiger partial charge is 0.457 e. The zero-order valence-corrected chi connectivity index (χ0v) is 11.4. The van der Waals surface area contributed by atoms with Crippen molar-refractivity contribution < 1.29 is 38.1 Å². The summed E-state index contributed by atoms with van der Waals surface area (Å²) in [7, 11) is 0. The van der Waals surface area contributed by atoms with E-state index in [4.69, 9.17) is 23.7 Å². The van der Waals surface area contributed by atoms with Gasteiger partial charge < -0.3 is 23.7 Å². The second-order valence-electron chi connectivity index (χ2n) is 4.60. The molecule has 0 unspecified atom stereocenters. The van der Waals surface area contributed by atoms with Crippen molar-refractivity contribution >= 4 is 17.9 Å². The fourth-order valence-corrected chi connectivity index (χ4v) is 2.32. The Morgan fingerprint density at radius 1 is 0.900 bits per heavy atom. The number of ether oxygens (including phenoxy) is 5. The van der Waals surface area contributed by atoms with Gasteiger partial charge in [0.1, 0.15) is 6.10 Å². The number of carbonyl (C=O) groups excluding carboxylic acids is 3. The van der Waals surface area contributed by atoms with Crippen LogP contribution in [-0.4, -0.2) is 55.2 Å². The third-order valence-electron chi connectivity index (χ3n) is 2.92. The molecule has 2 saturated heterocycles. The highest BCUT2D eigenvalue weighted by Gasteiger charge is 2.56. The van der Waals surface area contributed by atoms with Gasteiger partial charge in [-0.1, -0.05) is 0 Å². The van der Waals surface area contributed by atoms with Crippen LogP contribution < -0.4 is 0 Å². The topological polar surface area (TPSA) is 97.4 Å². The molecular formula is C12H16O8. The molecule has 2 heterocycles. The predicted molar refractivity (Wildman–Crippen MR) is 61.3 cm³/mol. The molecule has 20 heavy (non-hydrogen) atoms. The van der Waals surface area contributed by atoms with Crippen LogP contribution in [0, 0.1) is 0 Å². The Morgan fingerprint density at radius 2 is 1.45 bits per heavy atom. The summed E-state index contributed by atoms with van der Waals surface area (Å²) >= 11 is 0. The Bertz CT molecular complexity index is 420. The van der Waals surface area contributed by atoms with Crippen molar-refractivity contribution in [3.63, 3.8) is 0 Å². The molecule has 5 atom stereocenters. The molecule has 0 aromatic rings. The van der Waals surface area contributed by atoms with Gasteiger partial charge in [-0.05, 0) is 0 Å². The van der Waals surface area contributed by atoms with Crippen LogP contribution in [0.15, 0.2) is 0 Å². The van der Waals surface area contributed by atoms with Gasteiger partial charge in [-0.15, -0.1) is 0 Å². The maximum Gasteiger partial charge on any atom is 0.303 e. The summed E-state index contributed by atoms with van der Waals surface area (Å²) in [5.74, 6) is -1.60. The average Bonchev–Trinajstić information content (AvgIpc) is 2.57. The van der Waals surface area contributed by atoms with E-state index in [0.717, 1.165) is 0 Å². The summed E-state index contributed by atoms with van der Waals surface area (Å²) < 4.78 is 26.1. The molecule has 0 radical (unpaired) electrons. The third-order valence-corrected chi connectivity index (χ3v) is 2.92. The van der Waals surface area contributed by atoms with E-state index < -0.39 is 48.6 Å². The number of rotatable bonds is 3. The summed E-state index contributed by atoms with van der Waals surface area (Å²) in [4.78, 5) is 33.4. The van der Waals surface area contributed by atoms with Crippen molar-refractivity contribution in [1.82, 2.24) is 0 Å². The first-order valence-electron chi connectivity index (χ1n) is 6.17. The Balaban J connectivity index is 2.17. The van der Waals surface area contributed by atoms with Crippen LogP contribution in [0.4, 0.5) is 0 Å². The van der Waals surface area contributed by atoms with E-state index in [1.165, 1.54) is 20.8 Å². The second kappa shape index (κ2) is 5.76. The molecule has 2 aliphatic heterocycles. The Morgan fingerprint density at radius 3 is 2.00 bits per heavy atom. The maximum absolute atomic E-state index is 11.2. The zero-order chi connectivity index (χ0) is 14.9. The van der Waals surface area contributed by atoms with Gasteiger partial charge in [0, 0.05) is 20.8 Å². The molecule has 0 amide bonds. The molecule has 8 heteroatoms. The van der Waals surface area contributed by atoms with Crippen molar-refractivity contribution in [1.29, 1.82) is 0 Å². The smallest absolute Gasteiger partial charge is 0.303 e. The van der Waals surface area contributed by atoms with Crippen LogP contribution in [0.25, 0.3) is 0 Å². The lowest BCUT2D eigenvalue weighted by molar-refractivity contribution is -0.242. The minimum Gasteiger partial charge on any atom is -0.457 e. The first-order chi connectivity index (χ1) is 9.38. The molecule has 0 N–H and O–H groups in total. The number of fused-ring (bicyclic) bond motifs is 2. The second-order valence-corrected chi connectivity index (χ2v) is 4.60. The van der Waals surface area contributed by atoms with Gasteiger partial charge in [0.25, 0.3) is 0 Å². The van der Waals surface area contributed by atoms with E-state index in [1.54, 1.807) is 0 Å². The van der Waals surface area contributed by atoms with E-state index in [1.807, 2.05) is 0 Å². The molecule has 2 fully saturated rings. The van der Waals surface area contributed by atoms with Gasteiger partial charge >= 0.3 is 17.9 Å². The average molecular weight is 288 g/mol. The minimum absolute atomic E-state index is 0.0877. The minimum atomic E-state index is -0.873. The van der Waals surface area contributed by atoms with Crippen LogP contribution in [0.3, 0.4) is 0 Å². The van der Waals surface area contributed by atoms with Crippen LogP contribution in [0.2, 0.25) is 0 Å². The van der Waals surface area contributed by atoms with Crippen LogP contribution in [0.5, 0.6) is 0 Å². The Labute approximate surface area is 115 Å². The van der Waals surface area contributed by atoms with E-state index in [-0.39, 0.29) is 6.61 Å². The first-order valence-corrected chi connectivity index (χ1v) is 6.17. The lowest BCUT2D eigenvalue weighted by Crippen LogP contribution is -2.45. The number of esters is 3. The summed E-state index contributed by atoms with van der Waals surface area (Å²) in [5, 5.41) is 0. The van der Waals surface area contributed by atoms with Gasteiger partial charge in [0.15, 0.2) is 24.6 Å². The lowest BCUT2D eigenvalue weighted by atomic mass is 10.1. The van der Waals surface area contributed by atoms with Gasteiger partial charge in [0.05, 0.1) is 6.61 Å². The van der Waals surface area contributed by atoms with Gasteiger partial charge in [-0.2, -0.15) is 0 Å². The molecule has 2 bridgehead atoms. The van der Waals surface area contributed by atoms with Gasteiger partial charge in [-0.3, -0.25) is 14.4 Å². The molecule has 2 aliphatic rings. The monoisotopic (exact) mass is 288 g/mol. The third kappa shape index (κ3) is 3.07. The quantitative estimate of drug-likeness (QED) is 0.508. The number of carbonyl (C=O) groups is 3. The van der Waals surface area contributed by atoms with E-state index in [2.05, 4.69) is 0 Å². The van der Waals surface area contributed by atoms with Crippen LogP contribution in [0.1, 0.15) is 20.8 Å². The fraction of sp³-hybridized carbons (Fsp3) is 0.750. The van der Waals surface area contributed by atoms with Crippen molar-refractivity contribution in [3.05, 3.63) is 0 Å². The van der Waals surface area contributed by atoms with Crippen LogP contribution >= 0.6 is 0 Å². The summed E-state index contributed by atoms with van der Waals surface area (Å²) in [6.45, 7) is 3.81. The summed E-state index contributed by atoms with van der Waals surface area (Å²) in [6.07, 6.45) is -4.00. The van der Waals surface area contributed by atoms with E-state index >= 15 is 0 Å². The Kier molecular flexibility index (Phi) is 4.24. The van der Waals surface area contributed by atoms with Crippen molar-refractivity contribution in [2.24, 2.45) is 0 Å². The van der Waals surface area contributed by atoms with Crippen molar-refractivity contribution in [2.45, 2.75) is 51.5 Å². The van der Waals surface area contributed by atoms with Gasteiger partial charge in [-0.25, -0.2) is 0 Å². The highest BCUT2D eigenvalue weighted by molar-refractivity contribution is 5.68. The zero-order valence-electron chi connectivity index (χ0n) is 11.4. The predicted octanol–water partition coefficient (Wildman–Crippen LogP) is -0.463. The van der Waals surface area contributed by atoms with Crippen molar-refractivity contribution in [2.75, 3.05) is 6.61 Å². The summed E-state index contributed by atoms with van der Waals surface area (Å²) in [6, 6.07) is 0. The van der Waals surface area contributed by atoms with E-state index in [9.17, 15) is 14.4 Å². The van der Waals surface area contributed by atoms with Crippen LogP contribution in [-0.2, 0) is 38.1 Å². The lowest BCUT2D eigenvalue weighted by Gasteiger charge is -2.29. The molecular weight excluding hydrogens is 272 g/mol. The van der Waals surface area contributed by atoms with Gasteiger partial charge in [0.2, 0.25) is 0 Å². The highest BCUT2D eigenvalue weighted by Crippen LogP contribution is 2.34. The first kappa shape index (κ1) is 14.7. The molecule has 0 aromatic carbocycles. The Hall–Kier alpha value is -1.67. The molecule has 2 rings (SSSR count). The number of hydrogen-bond acceptors (Lipinski definition) is 8. The highest BCUT2D eigenvalue weighted by atomic mass is 16.8. The molecule has 0 spiro atoms. The SMILES string of the molecule is CC(=O)O[C@@H]1[C@@H](OC(C)=O)[C@@H]2OC[C@H](OC(C)=O)[C@H]1O2. The number of hydrogen-bond donors (Lipinski definition) is 0. The molecule has 8 nitrogen and oxygen atoms in total. The molecule has 0 saturated carbocycles. The molecule has 0 aliphatic carbocycles. The van der Waals surface area contributed by atoms with Crippen molar-refractivity contribution in [3.8, 4) is 0 Å². The molecule has 0 aromatic heterocycles. The van der Waals surface area contributed by atoms with E-state index in [0.29, 0.717) is 0 Å². The summed E-state index contributed by atoms with van der Waals surface area (Å²) in [5.41, 5.74) is 0. The standard InChI is InChI=1S/C12H16O8/c1-5(13)17-8-4-16-12-11(19-7(3)15)10(9(8)20-12)18-6(2)14/h8-12H,4H2,1-3H3/t8-,9+,10-,11+,12+/m0/s1. The molecule has 112 valence electrons.